The molecule has 1 saturated carbocycles. The maximum atomic E-state index is 14.9. The van der Waals surface area contributed by atoms with E-state index < -0.39 is 28.5 Å². The number of halogens is 1. The predicted octanol–water partition coefficient (Wildman–Crippen LogP) is 7.37. The first-order valence-electron chi connectivity index (χ1n) is 17.2. The van der Waals surface area contributed by atoms with Gasteiger partial charge in [0.2, 0.25) is 11.8 Å². The van der Waals surface area contributed by atoms with Gasteiger partial charge in [0.15, 0.2) is 11.5 Å². The first-order chi connectivity index (χ1) is 24.5. The number of carbonyl (C=O) groups is 2. The molecule has 1 fully saturated rings. The van der Waals surface area contributed by atoms with E-state index in [0.717, 1.165) is 63.1 Å². The smallest absolute Gasteiger partial charge is 0.264 e. The first-order valence-corrected chi connectivity index (χ1v) is 19.4. The number of benzene rings is 4. The van der Waals surface area contributed by atoms with Gasteiger partial charge in [0.05, 0.1) is 24.8 Å². The Bertz CT molecular complexity index is 1910. The van der Waals surface area contributed by atoms with Crippen LogP contribution in [0.25, 0.3) is 0 Å². The van der Waals surface area contributed by atoms with Crippen molar-refractivity contribution in [2.45, 2.75) is 75.9 Å². The summed E-state index contributed by atoms with van der Waals surface area (Å²) in [4.78, 5) is 30.7. The Morgan fingerprint density at radius 1 is 0.824 bits per heavy atom. The molecular formula is C40H46BrN3O6S. The van der Waals surface area contributed by atoms with Crippen molar-refractivity contribution >= 4 is 43.5 Å². The summed E-state index contributed by atoms with van der Waals surface area (Å²) >= 11 is 3.54. The molecule has 1 aliphatic carbocycles. The van der Waals surface area contributed by atoms with E-state index in [1.807, 2.05) is 74.5 Å². The van der Waals surface area contributed by atoms with Gasteiger partial charge in [-0.3, -0.25) is 13.9 Å². The van der Waals surface area contributed by atoms with Crippen LogP contribution in [0.1, 0.15) is 54.4 Å². The molecular weight excluding hydrogens is 730 g/mol. The number of methoxy groups -OCH3 is 2. The van der Waals surface area contributed by atoms with E-state index in [0.29, 0.717) is 11.4 Å². The molecule has 9 nitrogen and oxygen atoms in total. The zero-order chi connectivity index (χ0) is 36.5. The third kappa shape index (κ3) is 9.71. The maximum absolute atomic E-state index is 14.9. The molecule has 5 rings (SSSR count). The van der Waals surface area contributed by atoms with Crippen LogP contribution in [0, 0.1) is 13.8 Å². The number of amides is 2. The van der Waals surface area contributed by atoms with Gasteiger partial charge in [-0.2, -0.15) is 0 Å². The highest BCUT2D eigenvalue weighted by molar-refractivity contribution is 9.10. The number of hydrogen-bond donors (Lipinski definition) is 1. The Morgan fingerprint density at radius 2 is 1.49 bits per heavy atom. The summed E-state index contributed by atoms with van der Waals surface area (Å²) < 4.78 is 42.0. The molecule has 2 amide bonds. The van der Waals surface area contributed by atoms with Gasteiger partial charge in [-0.25, -0.2) is 8.42 Å². The SMILES string of the molecule is COc1ccc(S(=O)(=O)N(CC(=O)N(Cc2cccc(Br)c2)[C@@H](Cc2ccccc2)C(=O)NC2CCCCC2)c2cc(C)cc(C)c2)cc1OC. The number of rotatable bonds is 14. The van der Waals surface area contributed by atoms with Gasteiger partial charge < -0.3 is 19.7 Å². The topological polar surface area (TPSA) is 105 Å². The highest BCUT2D eigenvalue weighted by Crippen LogP contribution is 2.33. The molecule has 4 aromatic carbocycles. The molecule has 11 heteroatoms. The Labute approximate surface area is 310 Å². The summed E-state index contributed by atoms with van der Waals surface area (Å²) in [6.45, 7) is 3.30. The Kier molecular flexibility index (Phi) is 12.8. The molecule has 1 N–H and O–H groups in total. The van der Waals surface area contributed by atoms with E-state index in [2.05, 4.69) is 21.2 Å². The number of hydrogen-bond acceptors (Lipinski definition) is 6. The Morgan fingerprint density at radius 3 is 2.14 bits per heavy atom. The normalized spacial score (nSPS) is 14.0. The van der Waals surface area contributed by atoms with E-state index in [-0.39, 0.29) is 35.6 Å². The van der Waals surface area contributed by atoms with Gasteiger partial charge in [0, 0.05) is 29.5 Å². The van der Waals surface area contributed by atoms with Crippen LogP contribution in [-0.2, 0) is 32.6 Å². The second-order valence-electron chi connectivity index (χ2n) is 13.1. The molecule has 0 bridgehead atoms. The minimum absolute atomic E-state index is 0.0181. The van der Waals surface area contributed by atoms with Crippen molar-refractivity contribution in [3.05, 3.63) is 118 Å². The molecule has 0 radical (unpaired) electrons. The molecule has 1 aliphatic rings. The van der Waals surface area contributed by atoms with Gasteiger partial charge in [-0.15, -0.1) is 0 Å². The maximum Gasteiger partial charge on any atom is 0.264 e. The lowest BCUT2D eigenvalue weighted by molar-refractivity contribution is -0.140. The third-order valence-electron chi connectivity index (χ3n) is 9.18. The van der Waals surface area contributed by atoms with Gasteiger partial charge in [0.25, 0.3) is 10.0 Å². The standard InChI is InChI=1S/C40H46BrN3O6S/c1-28-20-29(2)22-34(21-28)44(51(47,48)35-18-19-37(49-3)38(25-35)50-4)27-39(45)43(26-31-14-11-15-32(41)23-31)36(24-30-12-7-5-8-13-30)40(46)42-33-16-9-6-10-17-33/h5,7-8,11-15,18-23,25,33,36H,6,9-10,16-17,24,26-27H2,1-4H3,(H,42,46)/t36-/m0/s1. The second kappa shape index (κ2) is 17.2. The summed E-state index contributed by atoms with van der Waals surface area (Å²) in [5, 5.41) is 3.25. The van der Waals surface area contributed by atoms with E-state index in [1.165, 1.54) is 37.3 Å². The fourth-order valence-electron chi connectivity index (χ4n) is 6.66. The van der Waals surface area contributed by atoms with Crippen molar-refractivity contribution < 1.29 is 27.5 Å². The van der Waals surface area contributed by atoms with Crippen molar-refractivity contribution in [2.24, 2.45) is 0 Å². The minimum atomic E-state index is -4.34. The number of ether oxygens (including phenoxy) is 2. The third-order valence-corrected chi connectivity index (χ3v) is 11.4. The molecule has 0 heterocycles. The molecule has 0 aliphatic heterocycles. The summed E-state index contributed by atoms with van der Waals surface area (Å²) in [5.41, 5.74) is 3.69. The first kappa shape index (κ1) is 37.9. The number of aryl methyl sites for hydroxylation is 2. The molecule has 0 unspecified atom stereocenters. The number of carbonyl (C=O) groups excluding carboxylic acids is 2. The number of nitrogens with one attached hydrogen (secondary N) is 1. The number of sulfonamides is 1. The summed E-state index contributed by atoms with van der Waals surface area (Å²) in [6, 6.07) is 26.1. The van der Waals surface area contributed by atoms with E-state index >= 15 is 0 Å². The molecule has 270 valence electrons. The van der Waals surface area contributed by atoms with Crippen LogP contribution >= 0.6 is 15.9 Å². The lowest BCUT2D eigenvalue weighted by atomic mass is 9.94. The average Bonchev–Trinajstić information content (AvgIpc) is 3.12. The highest BCUT2D eigenvalue weighted by atomic mass is 79.9. The lowest BCUT2D eigenvalue weighted by Crippen LogP contribution is -2.55. The average molecular weight is 777 g/mol. The zero-order valence-electron chi connectivity index (χ0n) is 29.6. The summed E-state index contributed by atoms with van der Waals surface area (Å²) in [5.74, 6) is -0.157. The molecule has 1 atom stereocenters. The van der Waals surface area contributed by atoms with Crippen molar-refractivity contribution in [3.8, 4) is 11.5 Å². The molecule has 0 aromatic heterocycles. The summed E-state index contributed by atoms with van der Waals surface area (Å²) in [6.07, 6.45) is 5.23. The minimum Gasteiger partial charge on any atom is -0.493 e. The van der Waals surface area contributed by atoms with E-state index in [1.54, 1.807) is 12.1 Å². The van der Waals surface area contributed by atoms with Crippen molar-refractivity contribution in [2.75, 3.05) is 25.1 Å². The predicted molar refractivity (Wildman–Crippen MR) is 204 cm³/mol. The van der Waals surface area contributed by atoms with Crippen LogP contribution in [0.5, 0.6) is 11.5 Å². The molecule has 51 heavy (non-hydrogen) atoms. The Balaban J connectivity index is 1.60. The fourth-order valence-corrected chi connectivity index (χ4v) is 8.52. The monoisotopic (exact) mass is 775 g/mol. The summed E-state index contributed by atoms with van der Waals surface area (Å²) in [7, 11) is -1.43. The van der Waals surface area contributed by atoms with Crippen LogP contribution < -0.4 is 19.1 Å². The van der Waals surface area contributed by atoms with E-state index in [4.69, 9.17) is 9.47 Å². The molecule has 4 aromatic rings. The fraction of sp³-hybridized carbons (Fsp3) is 0.350. The zero-order valence-corrected chi connectivity index (χ0v) is 32.0. The lowest BCUT2D eigenvalue weighted by Gasteiger charge is -2.35. The van der Waals surface area contributed by atoms with Crippen molar-refractivity contribution in [1.29, 1.82) is 0 Å². The largest absolute Gasteiger partial charge is 0.493 e. The molecule has 0 saturated heterocycles. The Hall–Kier alpha value is -4.35. The van der Waals surface area contributed by atoms with Crippen LogP contribution in [0.2, 0.25) is 0 Å². The second-order valence-corrected chi connectivity index (χ2v) is 15.9. The van der Waals surface area contributed by atoms with Gasteiger partial charge in [-0.1, -0.05) is 83.7 Å². The van der Waals surface area contributed by atoms with Crippen LogP contribution in [0.4, 0.5) is 5.69 Å². The highest BCUT2D eigenvalue weighted by Gasteiger charge is 2.36. The number of anilines is 1. The van der Waals surface area contributed by atoms with Gasteiger partial charge in [0.1, 0.15) is 12.6 Å². The van der Waals surface area contributed by atoms with Crippen LogP contribution in [-0.4, -0.2) is 58.0 Å². The quantitative estimate of drug-likeness (QED) is 0.144. The van der Waals surface area contributed by atoms with Crippen LogP contribution in [0.15, 0.2) is 100 Å². The molecule has 0 spiro atoms. The van der Waals surface area contributed by atoms with Gasteiger partial charge >= 0.3 is 0 Å². The van der Waals surface area contributed by atoms with Crippen LogP contribution in [0.3, 0.4) is 0 Å². The number of nitrogens with zero attached hydrogens (tertiary/aromatic N) is 2. The van der Waals surface area contributed by atoms with Crippen molar-refractivity contribution in [3.63, 3.8) is 0 Å². The van der Waals surface area contributed by atoms with Gasteiger partial charge in [-0.05, 0) is 85.3 Å². The van der Waals surface area contributed by atoms with Crippen molar-refractivity contribution in [1.82, 2.24) is 10.2 Å². The van der Waals surface area contributed by atoms with E-state index in [9.17, 15) is 18.0 Å².